The molecule has 1 N–H and O–H groups in total. The SMILES string of the molecule is COc1ccc(/C=N\NC(=O)CCSc2ccc(C)cc2)c(OC)c1OC. The zero-order valence-electron chi connectivity index (χ0n) is 15.9. The van der Waals surface area contributed by atoms with E-state index in [2.05, 4.69) is 34.8 Å². The van der Waals surface area contributed by atoms with Crippen LogP contribution < -0.4 is 19.6 Å². The second kappa shape index (κ2) is 10.5. The molecule has 0 atom stereocenters. The number of ether oxygens (including phenoxy) is 3. The molecule has 144 valence electrons. The molecule has 0 saturated heterocycles. The number of nitrogens with one attached hydrogen (secondary N) is 1. The van der Waals surface area contributed by atoms with E-state index in [-0.39, 0.29) is 5.91 Å². The molecule has 0 saturated carbocycles. The number of thioether (sulfide) groups is 1. The van der Waals surface area contributed by atoms with Gasteiger partial charge >= 0.3 is 0 Å². The van der Waals surface area contributed by atoms with E-state index in [1.54, 1.807) is 31.0 Å². The van der Waals surface area contributed by atoms with Crippen molar-refractivity contribution >= 4 is 23.9 Å². The van der Waals surface area contributed by atoms with Gasteiger partial charge in [0.1, 0.15) is 0 Å². The molecule has 0 radical (unpaired) electrons. The summed E-state index contributed by atoms with van der Waals surface area (Å²) in [5.41, 5.74) is 4.42. The molecule has 6 nitrogen and oxygen atoms in total. The molecule has 27 heavy (non-hydrogen) atoms. The van der Waals surface area contributed by atoms with Crippen molar-refractivity contribution in [1.82, 2.24) is 5.43 Å². The standard InChI is InChI=1S/C20H24N2O4S/c1-14-5-8-16(9-6-14)27-12-11-18(23)22-21-13-15-7-10-17(24-2)20(26-4)19(15)25-3/h5-10,13H,11-12H2,1-4H3,(H,22,23)/b21-13-. The fourth-order valence-electron chi connectivity index (χ4n) is 2.35. The fraction of sp³-hybridized carbons (Fsp3) is 0.300. The number of hydrazone groups is 1. The van der Waals surface area contributed by atoms with Crippen molar-refractivity contribution < 1.29 is 19.0 Å². The van der Waals surface area contributed by atoms with Crippen molar-refractivity contribution in [3.8, 4) is 17.2 Å². The van der Waals surface area contributed by atoms with Gasteiger partial charge in [-0.05, 0) is 31.2 Å². The van der Waals surface area contributed by atoms with E-state index in [0.717, 1.165) is 4.90 Å². The van der Waals surface area contributed by atoms with Gasteiger partial charge in [0.25, 0.3) is 0 Å². The number of benzene rings is 2. The molecule has 0 fully saturated rings. The summed E-state index contributed by atoms with van der Waals surface area (Å²) >= 11 is 1.64. The Morgan fingerprint density at radius 2 is 1.74 bits per heavy atom. The first-order valence-corrected chi connectivity index (χ1v) is 9.38. The van der Waals surface area contributed by atoms with Crippen molar-refractivity contribution in [3.05, 3.63) is 47.5 Å². The Morgan fingerprint density at radius 1 is 1.04 bits per heavy atom. The van der Waals surface area contributed by atoms with Crippen LogP contribution in [-0.2, 0) is 4.79 Å². The Hall–Kier alpha value is -2.67. The van der Waals surface area contributed by atoms with Crippen LogP contribution in [0.1, 0.15) is 17.5 Å². The number of carbonyl (C=O) groups excluding carboxylic acids is 1. The summed E-state index contributed by atoms with van der Waals surface area (Å²) in [5.74, 6) is 2.06. The molecule has 0 unspecified atom stereocenters. The van der Waals surface area contributed by atoms with Gasteiger partial charge in [0.15, 0.2) is 11.5 Å². The van der Waals surface area contributed by atoms with E-state index in [4.69, 9.17) is 14.2 Å². The molecule has 0 aliphatic carbocycles. The van der Waals surface area contributed by atoms with Crippen LogP contribution in [0.5, 0.6) is 17.2 Å². The van der Waals surface area contributed by atoms with Gasteiger partial charge in [-0.1, -0.05) is 17.7 Å². The Kier molecular flexibility index (Phi) is 8.00. The molecule has 0 aliphatic rings. The molecular formula is C20H24N2O4S. The maximum atomic E-state index is 11.9. The molecule has 0 bridgehead atoms. The zero-order valence-corrected chi connectivity index (χ0v) is 16.8. The van der Waals surface area contributed by atoms with Crippen LogP contribution in [0.25, 0.3) is 0 Å². The summed E-state index contributed by atoms with van der Waals surface area (Å²) < 4.78 is 15.9. The Bertz CT molecular complexity index is 791. The van der Waals surface area contributed by atoms with Crippen LogP contribution >= 0.6 is 11.8 Å². The maximum absolute atomic E-state index is 11.9. The van der Waals surface area contributed by atoms with Gasteiger partial charge in [-0.3, -0.25) is 4.79 Å². The van der Waals surface area contributed by atoms with Crippen LogP contribution in [0.4, 0.5) is 0 Å². The van der Waals surface area contributed by atoms with Crippen LogP contribution in [-0.4, -0.2) is 39.2 Å². The van der Waals surface area contributed by atoms with Crippen molar-refractivity contribution in [2.24, 2.45) is 5.10 Å². The van der Waals surface area contributed by atoms with Gasteiger partial charge in [-0.15, -0.1) is 11.8 Å². The van der Waals surface area contributed by atoms with Gasteiger partial charge in [0.05, 0.1) is 27.5 Å². The lowest BCUT2D eigenvalue weighted by Gasteiger charge is -2.13. The molecule has 0 heterocycles. The number of hydrogen-bond donors (Lipinski definition) is 1. The largest absolute Gasteiger partial charge is 0.493 e. The first kappa shape index (κ1) is 20.6. The van der Waals surface area contributed by atoms with E-state index < -0.39 is 0 Å². The van der Waals surface area contributed by atoms with Crippen molar-refractivity contribution in [1.29, 1.82) is 0 Å². The van der Waals surface area contributed by atoms with E-state index in [1.165, 1.54) is 26.0 Å². The number of amides is 1. The van der Waals surface area contributed by atoms with Gasteiger partial charge in [-0.2, -0.15) is 5.10 Å². The topological polar surface area (TPSA) is 69.2 Å². The molecule has 0 aromatic heterocycles. The van der Waals surface area contributed by atoms with E-state index in [9.17, 15) is 4.79 Å². The second-order valence-electron chi connectivity index (χ2n) is 5.63. The lowest BCUT2D eigenvalue weighted by atomic mass is 10.2. The van der Waals surface area contributed by atoms with Crippen molar-refractivity contribution in [3.63, 3.8) is 0 Å². The average Bonchev–Trinajstić information content (AvgIpc) is 2.68. The number of hydrogen-bond acceptors (Lipinski definition) is 6. The first-order chi connectivity index (χ1) is 13.1. The van der Waals surface area contributed by atoms with Gasteiger partial charge in [0, 0.05) is 22.6 Å². The third-order valence-corrected chi connectivity index (χ3v) is 4.76. The zero-order chi connectivity index (χ0) is 19.6. The summed E-state index contributed by atoms with van der Waals surface area (Å²) in [6.45, 7) is 2.05. The summed E-state index contributed by atoms with van der Waals surface area (Å²) in [5, 5.41) is 4.01. The van der Waals surface area contributed by atoms with Crippen LogP contribution in [0, 0.1) is 6.92 Å². The summed E-state index contributed by atoms with van der Waals surface area (Å²) in [6, 6.07) is 11.8. The molecule has 2 aromatic rings. The monoisotopic (exact) mass is 388 g/mol. The number of aryl methyl sites for hydroxylation is 1. The minimum absolute atomic E-state index is 0.148. The molecule has 1 amide bonds. The smallest absolute Gasteiger partial charge is 0.240 e. The number of nitrogens with zero attached hydrogens (tertiary/aromatic N) is 1. The van der Waals surface area contributed by atoms with E-state index >= 15 is 0 Å². The molecule has 0 spiro atoms. The average molecular weight is 388 g/mol. The highest BCUT2D eigenvalue weighted by atomic mass is 32.2. The highest BCUT2D eigenvalue weighted by Crippen LogP contribution is 2.38. The first-order valence-electron chi connectivity index (χ1n) is 8.39. The lowest BCUT2D eigenvalue weighted by molar-refractivity contribution is -0.120. The predicted octanol–water partition coefficient (Wildman–Crippen LogP) is 3.65. The van der Waals surface area contributed by atoms with Crippen LogP contribution in [0.2, 0.25) is 0 Å². The summed E-state index contributed by atoms with van der Waals surface area (Å²) in [6.07, 6.45) is 1.89. The third-order valence-electron chi connectivity index (χ3n) is 3.75. The van der Waals surface area contributed by atoms with Crippen LogP contribution in [0.3, 0.4) is 0 Å². The number of methoxy groups -OCH3 is 3. The Labute approximate surface area is 163 Å². The third kappa shape index (κ3) is 5.92. The van der Waals surface area contributed by atoms with Gasteiger partial charge < -0.3 is 14.2 Å². The maximum Gasteiger partial charge on any atom is 0.240 e. The predicted molar refractivity (Wildman–Crippen MR) is 108 cm³/mol. The second-order valence-corrected chi connectivity index (χ2v) is 6.80. The Morgan fingerprint density at radius 3 is 2.37 bits per heavy atom. The molecule has 2 aromatic carbocycles. The number of carbonyl (C=O) groups is 1. The molecule has 7 heteroatoms. The number of rotatable bonds is 9. The molecule has 0 aliphatic heterocycles. The molecule has 2 rings (SSSR count). The highest BCUT2D eigenvalue weighted by Gasteiger charge is 2.14. The van der Waals surface area contributed by atoms with Crippen LogP contribution in [0.15, 0.2) is 46.4 Å². The Balaban J connectivity index is 1.89. The van der Waals surface area contributed by atoms with Crippen molar-refractivity contribution in [2.75, 3.05) is 27.1 Å². The normalized spacial score (nSPS) is 10.7. The van der Waals surface area contributed by atoms with Crippen molar-refractivity contribution in [2.45, 2.75) is 18.2 Å². The summed E-state index contributed by atoms with van der Waals surface area (Å²) in [4.78, 5) is 13.1. The molecular weight excluding hydrogens is 364 g/mol. The minimum Gasteiger partial charge on any atom is -0.493 e. The van der Waals surface area contributed by atoms with E-state index in [0.29, 0.717) is 35.0 Å². The van der Waals surface area contributed by atoms with Gasteiger partial charge in [0.2, 0.25) is 11.7 Å². The summed E-state index contributed by atoms with van der Waals surface area (Å²) in [7, 11) is 4.63. The lowest BCUT2D eigenvalue weighted by Crippen LogP contribution is -2.17. The van der Waals surface area contributed by atoms with E-state index in [1.807, 2.05) is 6.92 Å². The highest BCUT2D eigenvalue weighted by molar-refractivity contribution is 7.99. The quantitative estimate of drug-likeness (QED) is 0.403. The van der Waals surface area contributed by atoms with Gasteiger partial charge in [-0.25, -0.2) is 5.43 Å². The minimum atomic E-state index is -0.148. The fourth-order valence-corrected chi connectivity index (χ4v) is 3.20.